The zero-order valence-corrected chi connectivity index (χ0v) is 20.4. The number of benzene rings is 1. The van der Waals surface area contributed by atoms with Crippen molar-refractivity contribution in [2.24, 2.45) is 11.5 Å². The fourth-order valence-electron chi connectivity index (χ4n) is 3.90. The third kappa shape index (κ3) is 7.64. The number of carbonyl (C=O) groups excluding carboxylic acids is 4. The number of hydrogen-bond acceptors (Lipinski definition) is 7. The smallest absolute Gasteiger partial charge is 0.326 e. The fraction of sp³-hybridized carbons (Fsp3) is 0.333. The number of nitrogens with one attached hydrogen (secondary N) is 5. The van der Waals surface area contributed by atoms with Crippen molar-refractivity contribution in [3.8, 4) is 0 Å². The maximum atomic E-state index is 13.3. The van der Waals surface area contributed by atoms with Gasteiger partial charge in [0.15, 0.2) is 0 Å². The van der Waals surface area contributed by atoms with Gasteiger partial charge in [-0.15, -0.1) is 0 Å². The zero-order chi connectivity index (χ0) is 27.7. The van der Waals surface area contributed by atoms with Gasteiger partial charge in [0.1, 0.15) is 18.1 Å². The number of primary amides is 1. The molecule has 202 valence electrons. The van der Waals surface area contributed by atoms with Gasteiger partial charge in [-0.2, -0.15) is 0 Å². The standard InChI is InChI=1S/C24H30N8O6/c25-9-21(34)30-19(8-14-11-27-12-29-14)23(36)32-18(7-13-10-28-16-4-2-1-3-15(13)16)22(35)31-17(24(37)38)5-6-20(26)33/h1-4,10-12,17-19,28H,5-9,25H2,(H2,26,33)(H,27,29)(H,30,34)(H,31,35)(H,32,36)(H,37,38). The molecular formula is C24H30N8O6. The quantitative estimate of drug-likeness (QED) is 0.122. The van der Waals surface area contributed by atoms with Crippen LogP contribution >= 0.6 is 0 Å². The van der Waals surface area contributed by atoms with Gasteiger partial charge in [0, 0.05) is 48.3 Å². The monoisotopic (exact) mass is 526 g/mol. The van der Waals surface area contributed by atoms with Gasteiger partial charge in [-0.1, -0.05) is 18.2 Å². The second-order valence-corrected chi connectivity index (χ2v) is 8.63. The topological polar surface area (TPSA) is 238 Å². The maximum absolute atomic E-state index is 13.3. The molecule has 38 heavy (non-hydrogen) atoms. The van der Waals surface area contributed by atoms with Gasteiger partial charge in [-0.3, -0.25) is 19.2 Å². The number of para-hydroxylation sites is 1. The van der Waals surface area contributed by atoms with E-state index in [9.17, 15) is 29.1 Å². The Morgan fingerprint density at radius 1 is 0.947 bits per heavy atom. The van der Waals surface area contributed by atoms with E-state index in [-0.39, 0.29) is 32.2 Å². The Balaban J connectivity index is 1.86. The number of nitrogens with two attached hydrogens (primary N) is 2. The van der Waals surface area contributed by atoms with Crippen LogP contribution in [0.3, 0.4) is 0 Å². The predicted octanol–water partition coefficient (Wildman–Crippen LogP) is -1.56. The summed E-state index contributed by atoms with van der Waals surface area (Å²) in [6.07, 6.45) is 4.16. The molecule has 0 radical (unpaired) electrons. The number of nitrogens with zero attached hydrogens (tertiary/aromatic N) is 1. The molecule has 0 aliphatic rings. The molecule has 3 aromatic rings. The summed E-state index contributed by atoms with van der Waals surface area (Å²) in [5.74, 6) is -4.13. The number of aliphatic carboxylic acids is 1. The van der Waals surface area contributed by atoms with E-state index >= 15 is 0 Å². The van der Waals surface area contributed by atoms with Gasteiger partial charge >= 0.3 is 5.97 Å². The SMILES string of the molecule is NCC(=O)NC(Cc1cnc[nH]1)C(=O)NC(Cc1c[nH]c2ccccc12)C(=O)NC(CCC(N)=O)C(=O)O. The first-order valence-electron chi connectivity index (χ1n) is 11.8. The summed E-state index contributed by atoms with van der Waals surface area (Å²) < 4.78 is 0. The van der Waals surface area contributed by atoms with E-state index in [0.29, 0.717) is 11.3 Å². The Morgan fingerprint density at radius 3 is 2.26 bits per heavy atom. The van der Waals surface area contributed by atoms with Crippen molar-refractivity contribution in [2.75, 3.05) is 6.54 Å². The molecular weight excluding hydrogens is 496 g/mol. The summed E-state index contributed by atoms with van der Waals surface area (Å²) in [5, 5.41) is 17.9. The molecule has 1 aromatic carbocycles. The molecule has 0 aliphatic carbocycles. The van der Waals surface area contributed by atoms with Crippen molar-refractivity contribution in [1.29, 1.82) is 0 Å². The molecule has 10 N–H and O–H groups in total. The highest BCUT2D eigenvalue weighted by atomic mass is 16.4. The largest absolute Gasteiger partial charge is 0.480 e. The number of rotatable bonds is 14. The summed E-state index contributed by atoms with van der Waals surface area (Å²) in [4.78, 5) is 71.3. The van der Waals surface area contributed by atoms with Crippen LogP contribution < -0.4 is 27.4 Å². The van der Waals surface area contributed by atoms with Crippen LogP contribution in [0.2, 0.25) is 0 Å². The fourth-order valence-corrected chi connectivity index (χ4v) is 3.90. The van der Waals surface area contributed by atoms with Crippen LogP contribution in [0.4, 0.5) is 0 Å². The van der Waals surface area contributed by atoms with Gasteiger partial charge < -0.3 is 42.5 Å². The molecule has 14 nitrogen and oxygen atoms in total. The van der Waals surface area contributed by atoms with E-state index in [0.717, 1.165) is 10.9 Å². The minimum atomic E-state index is -1.41. The molecule has 3 unspecified atom stereocenters. The van der Waals surface area contributed by atoms with Crippen molar-refractivity contribution >= 4 is 40.5 Å². The van der Waals surface area contributed by atoms with Crippen molar-refractivity contribution in [1.82, 2.24) is 30.9 Å². The second kappa shape index (κ2) is 13.0. The van der Waals surface area contributed by atoms with Crippen molar-refractivity contribution in [3.63, 3.8) is 0 Å². The number of aromatic nitrogens is 3. The van der Waals surface area contributed by atoms with E-state index in [2.05, 4.69) is 30.9 Å². The number of carbonyl (C=O) groups is 5. The number of fused-ring (bicyclic) bond motifs is 1. The number of carboxylic acid groups (broad SMARTS) is 1. The first-order chi connectivity index (χ1) is 18.2. The van der Waals surface area contributed by atoms with Crippen molar-refractivity contribution in [2.45, 2.75) is 43.8 Å². The molecule has 2 heterocycles. The molecule has 0 aliphatic heterocycles. The number of carboxylic acids is 1. The number of H-pyrrole nitrogens is 2. The van der Waals surface area contributed by atoms with Crippen LogP contribution in [0.15, 0.2) is 43.0 Å². The third-order valence-electron chi connectivity index (χ3n) is 5.84. The van der Waals surface area contributed by atoms with Gasteiger partial charge in [0.2, 0.25) is 23.6 Å². The number of hydrogen-bond donors (Lipinski definition) is 8. The maximum Gasteiger partial charge on any atom is 0.326 e. The molecule has 0 saturated carbocycles. The second-order valence-electron chi connectivity index (χ2n) is 8.63. The lowest BCUT2D eigenvalue weighted by Crippen LogP contribution is -2.57. The summed E-state index contributed by atoms with van der Waals surface area (Å²) in [7, 11) is 0. The summed E-state index contributed by atoms with van der Waals surface area (Å²) in [6.45, 7) is -0.355. The van der Waals surface area contributed by atoms with Crippen LogP contribution in [-0.4, -0.2) is 74.3 Å². The molecule has 4 amide bonds. The molecule has 0 bridgehead atoms. The highest BCUT2D eigenvalue weighted by molar-refractivity contribution is 5.94. The highest BCUT2D eigenvalue weighted by Gasteiger charge is 2.30. The Labute approximate surface area is 216 Å². The van der Waals surface area contributed by atoms with Crippen LogP contribution in [0, 0.1) is 0 Å². The Bertz CT molecular complexity index is 1290. The Kier molecular flexibility index (Phi) is 9.54. The number of aromatic amines is 2. The lowest BCUT2D eigenvalue weighted by atomic mass is 10.0. The summed E-state index contributed by atoms with van der Waals surface area (Å²) in [5.41, 5.74) is 12.6. The number of imidazole rings is 1. The van der Waals surface area contributed by atoms with Gasteiger partial charge in [0.25, 0.3) is 0 Å². The van der Waals surface area contributed by atoms with E-state index in [4.69, 9.17) is 11.5 Å². The van der Waals surface area contributed by atoms with E-state index in [1.165, 1.54) is 12.5 Å². The number of amides is 4. The molecule has 0 spiro atoms. The molecule has 3 rings (SSSR count). The Hall–Kier alpha value is -4.72. The van der Waals surface area contributed by atoms with Gasteiger partial charge in [-0.05, 0) is 18.1 Å². The molecule has 2 aromatic heterocycles. The van der Waals surface area contributed by atoms with Crippen LogP contribution in [0.25, 0.3) is 10.9 Å². The average Bonchev–Trinajstić information content (AvgIpc) is 3.55. The molecule has 0 fully saturated rings. The molecule has 0 saturated heterocycles. The minimum absolute atomic E-state index is 0.00532. The average molecular weight is 527 g/mol. The van der Waals surface area contributed by atoms with E-state index in [1.54, 1.807) is 6.20 Å². The van der Waals surface area contributed by atoms with Gasteiger partial charge in [0.05, 0.1) is 12.9 Å². The normalized spacial score (nSPS) is 13.3. The zero-order valence-electron chi connectivity index (χ0n) is 20.4. The first kappa shape index (κ1) is 27.9. The predicted molar refractivity (Wildman–Crippen MR) is 135 cm³/mol. The first-order valence-corrected chi connectivity index (χ1v) is 11.8. The molecule has 14 heteroatoms. The molecule has 3 atom stereocenters. The lowest BCUT2D eigenvalue weighted by molar-refractivity contribution is -0.142. The van der Waals surface area contributed by atoms with E-state index < -0.39 is 47.7 Å². The van der Waals surface area contributed by atoms with Gasteiger partial charge in [-0.25, -0.2) is 9.78 Å². The van der Waals surface area contributed by atoms with Crippen LogP contribution in [0.1, 0.15) is 24.1 Å². The summed E-state index contributed by atoms with van der Waals surface area (Å²) >= 11 is 0. The lowest BCUT2D eigenvalue weighted by Gasteiger charge is -2.24. The Morgan fingerprint density at radius 2 is 1.63 bits per heavy atom. The van der Waals surface area contributed by atoms with Crippen LogP contribution in [-0.2, 0) is 36.8 Å². The van der Waals surface area contributed by atoms with Crippen molar-refractivity contribution in [3.05, 3.63) is 54.2 Å². The van der Waals surface area contributed by atoms with Crippen molar-refractivity contribution < 1.29 is 29.1 Å². The third-order valence-corrected chi connectivity index (χ3v) is 5.84. The van der Waals surface area contributed by atoms with E-state index in [1.807, 2.05) is 24.3 Å². The minimum Gasteiger partial charge on any atom is -0.480 e. The summed E-state index contributed by atoms with van der Waals surface area (Å²) in [6, 6.07) is 3.61. The highest BCUT2D eigenvalue weighted by Crippen LogP contribution is 2.19. The van der Waals surface area contributed by atoms with Crippen LogP contribution in [0.5, 0.6) is 0 Å².